The summed E-state index contributed by atoms with van der Waals surface area (Å²) in [6.45, 7) is 15.9. The maximum absolute atomic E-state index is 9.56. The minimum absolute atomic E-state index is 0.122. The molecule has 0 aliphatic heterocycles. The van der Waals surface area contributed by atoms with Crippen molar-refractivity contribution in [1.82, 2.24) is 0 Å². The molecule has 0 aliphatic rings. The van der Waals surface area contributed by atoms with Crippen molar-refractivity contribution in [3.63, 3.8) is 0 Å². The van der Waals surface area contributed by atoms with Gasteiger partial charge in [0.2, 0.25) is 12.2 Å². The highest BCUT2D eigenvalue weighted by atomic mass is 16.2. The molecule has 6 heteroatoms. The number of carbonyl (C=O) groups excluding carboxylic acids is 2. The molecule has 0 fully saturated rings. The minimum Gasteiger partial charge on any atom is -0.443 e. The van der Waals surface area contributed by atoms with Gasteiger partial charge in [-0.25, -0.2) is 19.6 Å². The van der Waals surface area contributed by atoms with Crippen LogP contribution in [0.4, 0.5) is 0 Å². The Labute approximate surface area is 147 Å². The molecule has 0 aromatic heterocycles. The van der Waals surface area contributed by atoms with Crippen LogP contribution in [-0.4, -0.2) is 30.4 Å². The molecule has 0 aromatic rings. The highest BCUT2D eigenvalue weighted by Crippen LogP contribution is 2.11. The van der Waals surface area contributed by atoms with Gasteiger partial charge in [0.25, 0.3) is 6.26 Å². The van der Waals surface area contributed by atoms with Crippen LogP contribution in [0.1, 0.15) is 74.1 Å². The first-order valence-electron chi connectivity index (χ1n) is 8.27. The van der Waals surface area contributed by atoms with Crippen molar-refractivity contribution in [3.05, 3.63) is 0 Å². The molecule has 0 radical (unpaired) electrons. The third-order valence-electron chi connectivity index (χ3n) is 2.21. The Hall–Kier alpha value is -1.95. The fourth-order valence-electron chi connectivity index (χ4n) is 0.991. The Balaban J connectivity index is -0.000000118. The first kappa shape index (κ1) is 30.0. The summed E-state index contributed by atoms with van der Waals surface area (Å²) in [5.74, 6) is 0.632. The van der Waals surface area contributed by atoms with Gasteiger partial charge in [-0.15, -0.1) is 0 Å². The van der Waals surface area contributed by atoms with Crippen molar-refractivity contribution in [3.8, 4) is 6.26 Å². The normalized spacial score (nSPS) is 8.46. The molecule has 0 heterocycles. The van der Waals surface area contributed by atoms with Crippen molar-refractivity contribution in [2.75, 3.05) is 13.1 Å². The second-order valence-electron chi connectivity index (χ2n) is 6.58. The first-order chi connectivity index (χ1) is 11.2. The molecule has 0 saturated carbocycles. The van der Waals surface area contributed by atoms with Crippen LogP contribution in [0.15, 0.2) is 9.98 Å². The van der Waals surface area contributed by atoms with Crippen molar-refractivity contribution in [1.29, 1.82) is 5.26 Å². The van der Waals surface area contributed by atoms with Crippen LogP contribution in [0.3, 0.4) is 0 Å². The predicted molar refractivity (Wildman–Crippen MR) is 97.6 cm³/mol. The standard InChI is InChI=1S/2C6H11NO.C5H12.CHNO/c1-6(2,3)4-7-5-8;1-6(2)3-4-7-5-8;1-3-5-4-2;2-1-3/h4H2,1-3H3;6H,3-4H2,1-2H3;3-5H2,1-2H3;3H. The second-order valence-corrected chi connectivity index (χ2v) is 6.58. The monoisotopic (exact) mass is 341 g/mol. The van der Waals surface area contributed by atoms with Crippen LogP contribution in [0, 0.1) is 22.9 Å². The molecule has 1 N–H and O–H groups in total. The van der Waals surface area contributed by atoms with Gasteiger partial charge in [0.15, 0.2) is 0 Å². The van der Waals surface area contributed by atoms with Gasteiger partial charge >= 0.3 is 0 Å². The Kier molecular flexibility index (Phi) is 32.5. The number of aliphatic hydroxyl groups excluding tert-OH is 1. The van der Waals surface area contributed by atoms with Crippen LogP contribution in [0.5, 0.6) is 0 Å². The van der Waals surface area contributed by atoms with E-state index < -0.39 is 0 Å². The molecule has 24 heavy (non-hydrogen) atoms. The van der Waals surface area contributed by atoms with Gasteiger partial charge in [0, 0.05) is 0 Å². The van der Waals surface area contributed by atoms with E-state index in [1.54, 1.807) is 0 Å². The van der Waals surface area contributed by atoms with Crippen LogP contribution in [0.2, 0.25) is 0 Å². The number of aliphatic hydroxyl groups is 1. The largest absolute Gasteiger partial charge is 0.443 e. The molecular formula is C18H35N3O3. The summed E-state index contributed by atoms with van der Waals surface area (Å²) >= 11 is 0. The molecule has 0 aliphatic carbocycles. The number of hydrogen-bond donors (Lipinski definition) is 1. The van der Waals surface area contributed by atoms with Gasteiger partial charge in [-0.05, 0) is 17.8 Å². The first-order valence-corrected chi connectivity index (χ1v) is 8.27. The molecule has 0 spiro atoms. The fourth-order valence-corrected chi connectivity index (χ4v) is 0.991. The number of nitriles is 1. The van der Waals surface area contributed by atoms with Crippen molar-refractivity contribution >= 4 is 12.2 Å². The smallest absolute Gasteiger partial charge is 0.283 e. The van der Waals surface area contributed by atoms with E-state index in [2.05, 4.69) is 37.7 Å². The van der Waals surface area contributed by atoms with E-state index in [1.807, 2.05) is 20.8 Å². The molecule has 0 atom stereocenters. The second kappa shape index (κ2) is 26.0. The molecule has 0 saturated heterocycles. The minimum atomic E-state index is 0.122. The molecule has 0 unspecified atom stereocenters. The van der Waals surface area contributed by atoms with E-state index in [0.29, 0.717) is 19.0 Å². The van der Waals surface area contributed by atoms with Crippen molar-refractivity contribution in [2.24, 2.45) is 21.3 Å². The number of isocyanates is 2. The summed E-state index contributed by atoms with van der Waals surface area (Å²) in [5, 5.41) is 13.8. The van der Waals surface area contributed by atoms with Gasteiger partial charge in [-0.3, -0.25) is 0 Å². The average molecular weight is 341 g/mol. The molecule has 0 amide bonds. The SMILES string of the molecule is CC(C)(C)CN=C=O.CC(C)CCN=C=O.CCCCC.N#CO. The zero-order chi connectivity index (χ0) is 19.9. The summed E-state index contributed by atoms with van der Waals surface area (Å²) in [7, 11) is 0. The third kappa shape index (κ3) is 72.0. The van der Waals surface area contributed by atoms with E-state index in [9.17, 15) is 9.59 Å². The topological polar surface area (TPSA) is 103 Å². The van der Waals surface area contributed by atoms with Crippen molar-refractivity contribution < 1.29 is 14.7 Å². The van der Waals surface area contributed by atoms with Crippen LogP contribution >= 0.6 is 0 Å². The lowest BCUT2D eigenvalue weighted by Gasteiger charge is -2.11. The Bertz CT molecular complexity index is 368. The van der Waals surface area contributed by atoms with E-state index >= 15 is 0 Å². The average Bonchev–Trinajstić information content (AvgIpc) is 2.47. The lowest BCUT2D eigenvalue weighted by Crippen LogP contribution is -2.08. The lowest BCUT2D eigenvalue weighted by atomic mass is 9.98. The molecular weight excluding hydrogens is 306 g/mol. The van der Waals surface area contributed by atoms with Crippen molar-refractivity contribution in [2.45, 2.75) is 74.1 Å². The highest BCUT2D eigenvalue weighted by Gasteiger charge is 2.07. The summed E-state index contributed by atoms with van der Waals surface area (Å²) < 4.78 is 0. The number of rotatable bonds is 6. The van der Waals surface area contributed by atoms with E-state index in [-0.39, 0.29) is 5.41 Å². The Morgan fingerprint density at radius 1 is 1.04 bits per heavy atom. The quantitative estimate of drug-likeness (QED) is 0.427. The predicted octanol–water partition coefficient (Wildman–Crippen LogP) is 4.77. The van der Waals surface area contributed by atoms with Gasteiger partial charge in [-0.1, -0.05) is 67.7 Å². The maximum atomic E-state index is 9.56. The molecule has 140 valence electrons. The fraction of sp³-hybridized carbons (Fsp3) is 0.833. The van der Waals surface area contributed by atoms with Gasteiger partial charge in [0.05, 0.1) is 13.1 Å². The third-order valence-corrected chi connectivity index (χ3v) is 2.21. The highest BCUT2D eigenvalue weighted by molar-refractivity contribution is 5.33. The lowest BCUT2D eigenvalue weighted by molar-refractivity contribution is 0.427. The summed E-state index contributed by atoms with van der Waals surface area (Å²) in [6.07, 6.45) is 8.81. The number of unbranched alkanes of at least 4 members (excludes halogenated alkanes) is 2. The van der Waals surface area contributed by atoms with Gasteiger partial charge in [0.1, 0.15) is 0 Å². The molecule has 0 bridgehead atoms. The van der Waals surface area contributed by atoms with Crippen LogP contribution in [0.25, 0.3) is 0 Å². The zero-order valence-corrected chi connectivity index (χ0v) is 16.4. The zero-order valence-electron chi connectivity index (χ0n) is 16.4. The summed E-state index contributed by atoms with van der Waals surface area (Å²) in [5.41, 5.74) is 0.122. The van der Waals surface area contributed by atoms with E-state index in [0.717, 1.165) is 12.7 Å². The maximum Gasteiger partial charge on any atom is 0.283 e. The number of aliphatic imine (C=N–C) groups is 2. The van der Waals surface area contributed by atoms with E-state index in [4.69, 9.17) is 10.4 Å². The van der Waals surface area contributed by atoms with Gasteiger partial charge in [-0.2, -0.15) is 5.26 Å². The molecule has 0 rings (SSSR count). The van der Waals surface area contributed by atoms with E-state index in [1.165, 1.54) is 31.4 Å². The molecule has 6 nitrogen and oxygen atoms in total. The Morgan fingerprint density at radius 2 is 1.46 bits per heavy atom. The van der Waals surface area contributed by atoms with Gasteiger partial charge < -0.3 is 5.11 Å². The number of hydrogen-bond acceptors (Lipinski definition) is 6. The Morgan fingerprint density at radius 3 is 1.62 bits per heavy atom. The summed E-state index contributed by atoms with van der Waals surface area (Å²) in [4.78, 5) is 25.9. The number of nitrogens with zero attached hydrogens (tertiary/aromatic N) is 3. The van der Waals surface area contributed by atoms with Crippen LogP contribution < -0.4 is 0 Å². The summed E-state index contributed by atoms with van der Waals surface area (Å²) in [6, 6.07) is 0. The van der Waals surface area contributed by atoms with Crippen LogP contribution in [-0.2, 0) is 9.59 Å². The molecule has 0 aromatic carbocycles.